The lowest BCUT2D eigenvalue weighted by molar-refractivity contribution is 0.343. The zero-order chi connectivity index (χ0) is 11.5. The summed E-state index contributed by atoms with van der Waals surface area (Å²) in [5.74, 6) is 0. The molecular formula is C15H22N2. The fourth-order valence-corrected chi connectivity index (χ4v) is 3.13. The summed E-state index contributed by atoms with van der Waals surface area (Å²) in [4.78, 5) is 2.61. The maximum Gasteiger partial charge on any atom is 0.0208 e. The van der Waals surface area contributed by atoms with E-state index in [1.54, 1.807) is 11.1 Å². The molecule has 0 saturated carbocycles. The van der Waals surface area contributed by atoms with Gasteiger partial charge in [0, 0.05) is 13.1 Å². The molecular weight excluding hydrogens is 208 g/mol. The third kappa shape index (κ3) is 2.53. The van der Waals surface area contributed by atoms with Crippen LogP contribution in [0, 0.1) is 0 Å². The Balaban J connectivity index is 1.69. The Labute approximate surface area is 104 Å². The minimum atomic E-state index is 1.06. The molecule has 1 N–H and O–H groups in total. The molecule has 3 rings (SSSR count). The van der Waals surface area contributed by atoms with Crippen molar-refractivity contribution in [2.45, 2.75) is 32.2 Å². The van der Waals surface area contributed by atoms with Crippen LogP contribution in [-0.2, 0) is 19.4 Å². The molecule has 2 heterocycles. The van der Waals surface area contributed by atoms with Crippen molar-refractivity contribution in [3.63, 3.8) is 0 Å². The number of hydrogen-bond acceptors (Lipinski definition) is 2. The lowest BCUT2D eigenvalue weighted by Gasteiger charge is -2.22. The minimum Gasteiger partial charge on any atom is -0.312 e. The molecule has 0 radical (unpaired) electrons. The van der Waals surface area contributed by atoms with Gasteiger partial charge in [0.2, 0.25) is 0 Å². The highest BCUT2D eigenvalue weighted by Gasteiger charge is 2.14. The lowest BCUT2D eigenvalue weighted by Crippen LogP contribution is -2.26. The van der Waals surface area contributed by atoms with Crippen LogP contribution >= 0.6 is 0 Å². The van der Waals surface area contributed by atoms with Gasteiger partial charge in [-0.25, -0.2) is 0 Å². The Morgan fingerprint density at radius 3 is 2.94 bits per heavy atom. The van der Waals surface area contributed by atoms with Crippen LogP contribution in [-0.4, -0.2) is 31.1 Å². The smallest absolute Gasteiger partial charge is 0.0208 e. The molecule has 0 aromatic heterocycles. The maximum absolute atomic E-state index is 3.45. The van der Waals surface area contributed by atoms with Crippen LogP contribution in [0.5, 0.6) is 0 Å². The van der Waals surface area contributed by atoms with E-state index in [9.17, 15) is 0 Å². The fourth-order valence-electron chi connectivity index (χ4n) is 3.13. The molecule has 0 amide bonds. The number of fused-ring (bicyclic) bond motifs is 1. The second-order valence-corrected chi connectivity index (χ2v) is 5.28. The number of rotatable bonds is 3. The van der Waals surface area contributed by atoms with Crippen molar-refractivity contribution >= 4 is 0 Å². The topological polar surface area (TPSA) is 15.3 Å². The van der Waals surface area contributed by atoms with Crippen LogP contribution < -0.4 is 5.32 Å². The molecule has 0 spiro atoms. The molecule has 1 fully saturated rings. The minimum absolute atomic E-state index is 1.06. The molecule has 0 atom stereocenters. The molecule has 1 saturated heterocycles. The molecule has 1 aromatic rings. The third-order valence-electron chi connectivity index (χ3n) is 4.13. The van der Waals surface area contributed by atoms with E-state index in [2.05, 4.69) is 28.4 Å². The second-order valence-electron chi connectivity index (χ2n) is 5.28. The Bertz CT molecular complexity index is 381. The van der Waals surface area contributed by atoms with Crippen molar-refractivity contribution in [3.05, 3.63) is 34.9 Å². The first-order valence-electron chi connectivity index (χ1n) is 6.96. The van der Waals surface area contributed by atoms with E-state index in [0.717, 1.165) is 13.1 Å². The number of nitrogens with zero attached hydrogens (tertiary/aromatic N) is 1. The molecule has 92 valence electrons. The van der Waals surface area contributed by atoms with E-state index in [1.165, 1.54) is 50.9 Å². The zero-order valence-corrected chi connectivity index (χ0v) is 10.5. The van der Waals surface area contributed by atoms with Gasteiger partial charge in [-0.05, 0) is 62.0 Å². The van der Waals surface area contributed by atoms with E-state index in [4.69, 9.17) is 0 Å². The number of likely N-dealkylation sites (tertiary alicyclic amines) is 1. The van der Waals surface area contributed by atoms with E-state index < -0.39 is 0 Å². The normalized spacial score (nSPS) is 20.5. The Hall–Kier alpha value is -0.860. The lowest BCUT2D eigenvalue weighted by atomic mass is 9.94. The van der Waals surface area contributed by atoms with Gasteiger partial charge < -0.3 is 10.2 Å². The van der Waals surface area contributed by atoms with Crippen molar-refractivity contribution in [1.29, 1.82) is 0 Å². The number of nitrogens with one attached hydrogen (secondary N) is 1. The van der Waals surface area contributed by atoms with E-state index in [-0.39, 0.29) is 0 Å². The SMILES string of the molecule is c1cc(CCN2CCCC2)c2c(c1)CNCC2. The number of benzene rings is 1. The van der Waals surface area contributed by atoms with Crippen LogP contribution in [0.2, 0.25) is 0 Å². The summed E-state index contributed by atoms with van der Waals surface area (Å²) < 4.78 is 0. The quantitative estimate of drug-likeness (QED) is 0.854. The molecule has 0 aliphatic carbocycles. The average Bonchev–Trinajstić information content (AvgIpc) is 2.89. The fraction of sp³-hybridized carbons (Fsp3) is 0.600. The van der Waals surface area contributed by atoms with Gasteiger partial charge in [-0.2, -0.15) is 0 Å². The molecule has 0 bridgehead atoms. The van der Waals surface area contributed by atoms with Gasteiger partial charge in [0.1, 0.15) is 0 Å². The van der Waals surface area contributed by atoms with Crippen molar-refractivity contribution in [2.75, 3.05) is 26.2 Å². The summed E-state index contributed by atoms with van der Waals surface area (Å²) in [5, 5.41) is 3.45. The monoisotopic (exact) mass is 230 g/mol. The van der Waals surface area contributed by atoms with Crippen LogP contribution in [0.1, 0.15) is 29.5 Å². The van der Waals surface area contributed by atoms with Crippen LogP contribution in [0.15, 0.2) is 18.2 Å². The van der Waals surface area contributed by atoms with Crippen LogP contribution in [0.25, 0.3) is 0 Å². The highest BCUT2D eigenvalue weighted by Crippen LogP contribution is 2.20. The van der Waals surface area contributed by atoms with Gasteiger partial charge >= 0.3 is 0 Å². The summed E-state index contributed by atoms with van der Waals surface area (Å²) in [7, 11) is 0. The van der Waals surface area contributed by atoms with Crippen LogP contribution in [0.3, 0.4) is 0 Å². The van der Waals surface area contributed by atoms with Gasteiger partial charge in [0.15, 0.2) is 0 Å². The largest absolute Gasteiger partial charge is 0.312 e. The second kappa shape index (κ2) is 5.19. The van der Waals surface area contributed by atoms with Gasteiger partial charge in [-0.15, -0.1) is 0 Å². The first-order valence-corrected chi connectivity index (χ1v) is 6.96. The van der Waals surface area contributed by atoms with Crippen molar-refractivity contribution in [1.82, 2.24) is 10.2 Å². The number of hydrogen-bond donors (Lipinski definition) is 1. The molecule has 0 unspecified atom stereocenters. The van der Waals surface area contributed by atoms with E-state index in [1.807, 2.05) is 0 Å². The molecule has 2 heteroatoms. The third-order valence-corrected chi connectivity index (χ3v) is 4.13. The first kappa shape index (κ1) is 11.2. The van der Waals surface area contributed by atoms with Crippen LogP contribution in [0.4, 0.5) is 0 Å². The van der Waals surface area contributed by atoms with Crippen molar-refractivity contribution in [2.24, 2.45) is 0 Å². The zero-order valence-electron chi connectivity index (χ0n) is 10.5. The maximum atomic E-state index is 3.45. The summed E-state index contributed by atoms with van der Waals surface area (Å²) in [6.45, 7) is 6.09. The van der Waals surface area contributed by atoms with Gasteiger partial charge in [0.05, 0.1) is 0 Å². The Morgan fingerprint density at radius 2 is 2.06 bits per heavy atom. The molecule has 2 aliphatic rings. The highest BCUT2D eigenvalue weighted by molar-refractivity contribution is 5.37. The molecule has 1 aromatic carbocycles. The van der Waals surface area contributed by atoms with E-state index in [0.29, 0.717) is 0 Å². The van der Waals surface area contributed by atoms with Crippen molar-refractivity contribution in [3.8, 4) is 0 Å². The van der Waals surface area contributed by atoms with Gasteiger partial charge in [-0.3, -0.25) is 0 Å². The summed E-state index contributed by atoms with van der Waals surface area (Å²) in [6.07, 6.45) is 5.25. The van der Waals surface area contributed by atoms with Gasteiger partial charge in [0.25, 0.3) is 0 Å². The van der Waals surface area contributed by atoms with Gasteiger partial charge in [-0.1, -0.05) is 18.2 Å². The Morgan fingerprint density at radius 1 is 1.18 bits per heavy atom. The highest BCUT2D eigenvalue weighted by atomic mass is 15.1. The molecule has 2 aliphatic heterocycles. The molecule has 2 nitrogen and oxygen atoms in total. The summed E-state index contributed by atoms with van der Waals surface area (Å²) >= 11 is 0. The van der Waals surface area contributed by atoms with E-state index >= 15 is 0 Å². The summed E-state index contributed by atoms with van der Waals surface area (Å²) in [5.41, 5.74) is 4.75. The summed E-state index contributed by atoms with van der Waals surface area (Å²) in [6, 6.07) is 6.84. The predicted molar refractivity (Wildman–Crippen MR) is 71.2 cm³/mol. The van der Waals surface area contributed by atoms with Crippen molar-refractivity contribution < 1.29 is 0 Å². The standard InChI is InChI=1S/C15H22N2/c1-2-10-17(9-1)11-7-13-4-3-5-14-12-16-8-6-15(13)14/h3-5,16H,1-2,6-12H2. The molecule has 17 heavy (non-hydrogen) atoms. The first-order chi connectivity index (χ1) is 8.43. The Kier molecular flexibility index (Phi) is 3.44. The predicted octanol–water partition coefficient (Wildman–Crippen LogP) is 1.97. The average molecular weight is 230 g/mol.